The average Bonchev–Trinajstić information content (AvgIpc) is 4.13. The second-order valence-corrected chi connectivity index (χ2v) is 17.4. The largest absolute Gasteiger partial charge is 0.457 e. The first-order chi connectivity index (χ1) is 34.0. The standard InChI is InChI=1S/C53H48FN11O5/c1-3-9-44(67)63-27-26-36(29-63)64-30-40(45-48(64)53(68)61-60-51(45)56)31-14-22-39(23-15-31)70-49-33(10-8-13-41(49)54)28-42-58-50(55)46-47(32-16-24-38(25-17-32)69-37-11-6-5-7-12-37)62-65(52(46)59-42)35-20-18-34(19-21-35)57-43(66)4-2/h4-8,10-17,22-25,30,34-36H,2,18-21,26-29H2,1H3,(H2,56,60)(H,57,66)(H,61,68)(H2,55,58,59)/t34-,35+,36-/m1/s1. The Labute approximate surface area is 401 Å². The molecule has 2 amide bonds. The Hall–Kier alpha value is -8.78. The molecule has 70 heavy (non-hydrogen) atoms. The molecule has 1 saturated carbocycles. The lowest BCUT2D eigenvalue weighted by Crippen LogP contribution is -2.37. The van der Waals surface area contributed by atoms with E-state index in [0.717, 1.165) is 31.2 Å². The number of hydrogen-bond acceptors (Lipinski definition) is 11. The topological polar surface area (TPSA) is 214 Å². The van der Waals surface area contributed by atoms with E-state index < -0.39 is 11.4 Å². The number of anilines is 2. The number of nitrogens with two attached hydrogens (primary N) is 2. The minimum atomic E-state index is -0.585. The van der Waals surface area contributed by atoms with Crippen molar-refractivity contribution in [3.05, 3.63) is 143 Å². The van der Waals surface area contributed by atoms with Crippen LogP contribution in [-0.4, -0.2) is 70.4 Å². The molecule has 16 nitrogen and oxygen atoms in total. The molecular formula is C53H48FN11O5. The van der Waals surface area contributed by atoms with Gasteiger partial charge >= 0.3 is 0 Å². The van der Waals surface area contributed by atoms with Gasteiger partial charge in [0.25, 0.3) is 11.5 Å². The molecule has 2 fully saturated rings. The lowest BCUT2D eigenvalue weighted by Gasteiger charge is -2.29. The van der Waals surface area contributed by atoms with Gasteiger partial charge < -0.3 is 35.7 Å². The van der Waals surface area contributed by atoms with Crippen molar-refractivity contribution in [3.63, 3.8) is 0 Å². The molecule has 1 aliphatic heterocycles. The van der Waals surface area contributed by atoms with Gasteiger partial charge in [-0.05, 0) is 111 Å². The number of benzene rings is 4. The number of likely N-dealkylation sites (tertiary alicyclic amines) is 1. The summed E-state index contributed by atoms with van der Waals surface area (Å²) in [5.41, 5.74) is 17.0. The summed E-state index contributed by atoms with van der Waals surface area (Å²) in [6.07, 6.45) is 6.76. The zero-order chi connectivity index (χ0) is 48.5. The van der Waals surface area contributed by atoms with E-state index in [0.29, 0.717) is 86.9 Å². The average molecular weight is 938 g/mol. The number of ether oxygens (including phenoxy) is 2. The van der Waals surface area contributed by atoms with Crippen LogP contribution in [-0.2, 0) is 16.0 Å². The summed E-state index contributed by atoms with van der Waals surface area (Å²) in [6, 6.07) is 28.6. The summed E-state index contributed by atoms with van der Waals surface area (Å²) in [4.78, 5) is 49.5. The van der Waals surface area contributed by atoms with Gasteiger partial charge in [-0.3, -0.25) is 14.4 Å². The van der Waals surface area contributed by atoms with Crippen molar-refractivity contribution < 1.29 is 23.5 Å². The van der Waals surface area contributed by atoms with Crippen molar-refractivity contribution in [3.8, 4) is 57.2 Å². The highest BCUT2D eigenvalue weighted by Crippen LogP contribution is 2.40. The minimum Gasteiger partial charge on any atom is -0.457 e. The molecule has 2 aliphatic rings. The van der Waals surface area contributed by atoms with Gasteiger partial charge in [-0.25, -0.2) is 24.1 Å². The van der Waals surface area contributed by atoms with E-state index in [2.05, 4.69) is 33.9 Å². The first-order valence-corrected chi connectivity index (χ1v) is 23.0. The highest BCUT2D eigenvalue weighted by atomic mass is 19.1. The summed E-state index contributed by atoms with van der Waals surface area (Å²) < 4.78 is 32.0. The normalized spacial score (nSPS) is 16.7. The van der Waals surface area contributed by atoms with Gasteiger partial charge in [0.2, 0.25) is 5.91 Å². The Morgan fingerprint density at radius 3 is 2.30 bits per heavy atom. The Balaban J connectivity index is 0.942. The number of hydrogen-bond donors (Lipinski definition) is 4. The molecule has 1 aliphatic carbocycles. The molecule has 352 valence electrons. The number of carbonyl (C=O) groups excluding carboxylic acids is 2. The predicted octanol–water partition coefficient (Wildman–Crippen LogP) is 8.26. The molecular weight excluding hydrogens is 890 g/mol. The Bertz CT molecular complexity index is 3420. The number of nitrogens with zero attached hydrogens (tertiary/aromatic N) is 7. The number of halogens is 1. The van der Waals surface area contributed by atoms with Crippen LogP contribution in [0.5, 0.6) is 23.0 Å². The number of fused-ring (bicyclic) bond motifs is 2. The van der Waals surface area contributed by atoms with Gasteiger partial charge in [0.05, 0.1) is 22.9 Å². The number of nitrogen functional groups attached to an aromatic ring is 2. The van der Waals surface area contributed by atoms with Crippen molar-refractivity contribution in [1.29, 1.82) is 0 Å². The van der Waals surface area contributed by atoms with Gasteiger partial charge in [0, 0.05) is 48.4 Å². The fraction of sp³-hybridized carbons (Fsp3) is 0.226. The van der Waals surface area contributed by atoms with Gasteiger partial charge in [-0.15, -0.1) is 0 Å². The summed E-state index contributed by atoms with van der Waals surface area (Å²) >= 11 is 0. The second kappa shape index (κ2) is 19.1. The number of rotatable bonds is 12. The van der Waals surface area contributed by atoms with E-state index in [1.165, 1.54) is 12.1 Å². The van der Waals surface area contributed by atoms with Gasteiger partial charge in [0.15, 0.2) is 23.0 Å². The first kappa shape index (κ1) is 45.0. The van der Waals surface area contributed by atoms with Crippen molar-refractivity contribution in [1.82, 2.24) is 44.7 Å². The minimum absolute atomic E-state index is 0.00546. The van der Waals surface area contributed by atoms with Crippen LogP contribution in [0.2, 0.25) is 0 Å². The SMILES string of the molecule is C=CC(=O)N[C@H]1CC[C@@H](n2nc(-c3ccc(Oc4ccccc4)cc3)c3c(N)nc(Cc4cccc(F)c4Oc4ccc(-c5cn([C@@H]6CCN(C(=O)C#CC)C6)c6c(=O)[nH]nc(N)c56)cc4)nc32)CC1. The molecule has 1 atom stereocenters. The van der Waals surface area contributed by atoms with E-state index in [9.17, 15) is 14.4 Å². The molecule has 0 spiro atoms. The third kappa shape index (κ3) is 8.90. The molecule has 6 N–H and O–H groups in total. The van der Waals surface area contributed by atoms with Crippen LogP contribution in [0.3, 0.4) is 0 Å². The molecule has 0 radical (unpaired) electrons. The van der Waals surface area contributed by atoms with Crippen molar-refractivity contribution >= 4 is 45.4 Å². The number of H-pyrrole nitrogens is 1. The maximum absolute atomic E-state index is 15.9. The fourth-order valence-corrected chi connectivity index (χ4v) is 9.56. The van der Waals surface area contributed by atoms with Crippen LogP contribution in [0, 0.1) is 17.7 Å². The summed E-state index contributed by atoms with van der Waals surface area (Å²) in [5, 5.41) is 15.8. The first-order valence-electron chi connectivity index (χ1n) is 23.0. The van der Waals surface area contributed by atoms with Gasteiger partial charge in [-0.2, -0.15) is 10.2 Å². The van der Waals surface area contributed by atoms with Crippen LogP contribution in [0.15, 0.2) is 121 Å². The van der Waals surface area contributed by atoms with E-state index >= 15 is 4.39 Å². The van der Waals surface area contributed by atoms with E-state index in [1.54, 1.807) is 48.2 Å². The van der Waals surface area contributed by atoms with Crippen LogP contribution in [0.25, 0.3) is 44.3 Å². The fourth-order valence-electron chi connectivity index (χ4n) is 9.56. The maximum atomic E-state index is 15.9. The van der Waals surface area contributed by atoms with Gasteiger partial charge in [0.1, 0.15) is 40.1 Å². The zero-order valence-corrected chi connectivity index (χ0v) is 38.2. The molecule has 0 bridgehead atoms. The molecule has 10 rings (SSSR count). The highest BCUT2D eigenvalue weighted by molar-refractivity contribution is 6.02. The lowest BCUT2D eigenvalue weighted by atomic mass is 9.91. The van der Waals surface area contributed by atoms with Crippen LogP contribution >= 0.6 is 0 Å². The summed E-state index contributed by atoms with van der Waals surface area (Å²) in [7, 11) is 0. The molecule has 4 aromatic heterocycles. The molecule has 0 unspecified atom stereocenters. The number of amides is 2. The predicted molar refractivity (Wildman–Crippen MR) is 264 cm³/mol. The smallest absolute Gasteiger partial charge is 0.298 e. The Morgan fingerprint density at radius 1 is 0.857 bits per heavy atom. The monoisotopic (exact) mass is 937 g/mol. The quantitative estimate of drug-likeness (QED) is 0.0676. The lowest BCUT2D eigenvalue weighted by molar-refractivity contribution is -0.124. The molecule has 4 aromatic carbocycles. The van der Waals surface area contributed by atoms with Crippen LogP contribution in [0.1, 0.15) is 62.5 Å². The van der Waals surface area contributed by atoms with Crippen molar-refractivity contribution in [2.45, 2.75) is 63.6 Å². The Morgan fingerprint density at radius 2 is 1.57 bits per heavy atom. The van der Waals surface area contributed by atoms with E-state index in [1.807, 2.05) is 70.0 Å². The second-order valence-electron chi connectivity index (χ2n) is 17.4. The highest BCUT2D eigenvalue weighted by Gasteiger charge is 2.31. The number of carbonyl (C=O) groups is 2. The molecule has 8 aromatic rings. The molecule has 1 saturated heterocycles. The number of aromatic amines is 1. The van der Waals surface area contributed by atoms with Crippen molar-refractivity contribution in [2.75, 3.05) is 24.6 Å². The van der Waals surface area contributed by atoms with Crippen LogP contribution in [0.4, 0.5) is 16.0 Å². The number of aromatic nitrogens is 7. The van der Waals surface area contributed by atoms with Gasteiger partial charge in [-0.1, -0.05) is 55.0 Å². The third-order valence-corrected chi connectivity index (χ3v) is 12.9. The van der Waals surface area contributed by atoms with E-state index in [4.69, 9.17) is 36.0 Å². The maximum Gasteiger partial charge on any atom is 0.298 e. The van der Waals surface area contributed by atoms with Crippen LogP contribution < -0.4 is 31.8 Å². The van der Waals surface area contributed by atoms with Crippen molar-refractivity contribution in [2.24, 2.45) is 0 Å². The summed E-state index contributed by atoms with van der Waals surface area (Å²) in [6.45, 7) is 6.09. The third-order valence-electron chi connectivity index (χ3n) is 12.9. The Kier molecular flexibility index (Phi) is 12.3. The number of para-hydroxylation sites is 2. The van der Waals surface area contributed by atoms with E-state index in [-0.39, 0.29) is 53.7 Å². The summed E-state index contributed by atoms with van der Waals surface area (Å²) in [5.74, 6) is 6.62. The molecule has 17 heteroatoms. The molecule has 5 heterocycles. The zero-order valence-electron chi connectivity index (χ0n) is 38.2. The number of nitrogens with one attached hydrogen (secondary N) is 2.